The fraction of sp³-hybridized carbons (Fsp3) is 0.300. The predicted molar refractivity (Wildman–Crippen MR) is 62.8 cm³/mol. The maximum atomic E-state index is 11.2. The van der Waals surface area contributed by atoms with E-state index in [1.54, 1.807) is 19.1 Å². The summed E-state index contributed by atoms with van der Waals surface area (Å²) in [6.45, 7) is 1.55. The van der Waals surface area contributed by atoms with Gasteiger partial charge in [0.25, 0.3) is 0 Å². The smallest absolute Gasteiger partial charge is 0.323 e. The van der Waals surface area contributed by atoms with Crippen LogP contribution >= 0.6 is 11.6 Å². The van der Waals surface area contributed by atoms with Crippen LogP contribution in [0.25, 0.3) is 6.08 Å². The van der Waals surface area contributed by atoms with E-state index in [1.807, 2.05) is 0 Å². The van der Waals surface area contributed by atoms with E-state index in [1.165, 1.54) is 6.20 Å². The number of nitro groups is 1. The average molecular weight is 243 g/mol. The number of nitrogens with one attached hydrogen (secondary N) is 1. The molecule has 1 aromatic heterocycles. The third kappa shape index (κ3) is 2.70. The van der Waals surface area contributed by atoms with E-state index < -0.39 is 16.2 Å². The quantitative estimate of drug-likeness (QED) is 0.500. The number of hydrogen-bond donors (Lipinski definition) is 1. The van der Waals surface area contributed by atoms with Crippen molar-refractivity contribution in [3.63, 3.8) is 0 Å². The van der Waals surface area contributed by atoms with Crippen molar-refractivity contribution < 1.29 is 4.92 Å². The van der Waals surface area contributed by atoms with Gasteiger partial charge in [0.1, 0.15) is 0 Å². The number of rotatable bonds is 4. The van der Waals surface area contributed by atoms with Crippen LogP contribution in [0.5, 0.6) is 0 Å². The first kappa shape index (κ1) is 12.4. The second-order valence-corrected chi connectivity index (χ2v) is 3.56. The van der Waals surface area contributed by atoms with E-state index in [4.69, 9.17) is 11.6 Å². The SMILES string of the molecule is Cc1c(C=CCCCl)c[nH]c(=O)c1[N+](=O)[O-]. The predicted octanol–water partition coefficient (Wildman–Crippen LogP) is 2.23. The first-order valence-electron chi connectivity index (χ1n) is 4.67. The van der Waals surface area contributed by atoms with Crippen LogP contribution in [-0.4, -0.2) is 15.8 Å². The summed E-state index contributed by atoms with van der Waals surface area (Å²) in [5, 5.41) is 10.7. The maximum absolute atomic E-state index is 11.2. The molecule has 5 nitrogen and oxygen atoms in total. The molecule has 0 aliphatic heterocycles. The van der Waals surface area contributed by atoms with E-state index in [0.717, 1.165) is 0 Å². The van der Waals surface area contributed by atoms with Crippen LogP contribution in [0.3, 0.4) is 0 Å². The molecule has 0 spiro atoms. The number of pyridine rings is 1. The van der Waals surface area contributed by atoms with Gasteiger partial charge < -0.3 is 4.98 Å². The topological polar surface area (TPSA) is 76.0 Å². The fourth-order valence-electron chi connectivity index (χ4n) is 1.29. The van der Waals surface area contributed by atoms with E-state index in [9.17, 15) is 14.9 Å². The molecular formula is C10H11ClN2O3. The molecule has 0 saturated carbocycles. The largest absolute Gasteiger partial charge is 0.337 e. The van der Waals surface area contributed by atoms with E-state index >= 15 is 0 Å². The number of aromatic nitrogens is 1. The standard InChI is InChI=1S/C10H11ClN2O3/c1-7-8(4-2-3-5-11)6-12-10(14)9(7)13(15)16/h2,4,6H,3,5H2,1H3,(H,12,14). The van der Waals surface area contributed by atoms with Crippen molar-refractivity contribution in [1.82, 2.24) is 4.98 Å². The van der Waals surface area contributed by atoms with Gasteiger partial charge in [0.2, 0.25) is 0 Å². The molecule has 0 atom stereocenters. The molecule has 0 radical (unpaired) electrons. The molecule has 16 heavy (non-hydrogen) atoms. The summed E-state index contributed by atoms with van der Waals surface area (Å²) in [6.07, 6.45) is 5.64. The van der Waals surface area contributed by atoms with Crippen molar-refractivity contribution in [2.45, 2.75) is 13.3 Å². The van der Waals surface area contributed by atoms with E-state index in [2.05, 4.69) is 4.98 Å². The van der Waals surface area contributed by atoms with Gasteiger partial charge in [0, 0.05) is 23.2 Å². The Morgan fingerprint density at radius 3 is 2.88 bits per heavy atom. The number of H-pyrrole nitrogens is 1. The highest BCUT2D eigenvalue weighted by Crippen LogP contribution is 2.16. The van der Waals surface area contributed by atoms with Gasteiger partial charge in [0.15, 0.2) is 0 Å². The lowest BCUT2D eigenvalue weighted by Gasteiger charge is -2.00. The van der Waals surface area contributed by atoms with Crippen LogP contribution < -0.4 is 5.56 Å². The Morgan fingerprint density at radius 2 is 2.31 bits per heavy atom. The zero-order chi connectivity index (χ0) is 12.1. The average Bonchev–Trinajstić information content (AvgIpc) is 2.21. The van der Waals surface area contributed by atoms with E-state index in [0.29, 0.717) is 23.4 Å². The van der Waals surface area contributed by atoms with Crippen LogP contribution in [0, 0.1) is 17.0 Å². The molecule has 0 bridgehead atoms. The third-order valence-corrected chi connectivity index (χ3v) is 2.34. The van der Waals surface area contributed by atoms with Crippen molar-refractivity contribution in [2.75, 3.05) is 5.88 Å². The molecule has 0 aliphatic carbocycles. The van der Waals surface area contributed by atoms with Gasteiger partial charge in [0.05, 0.1) is 4.92 Å². The molecule has 0 aromatic carbocycles. The van der Waals surface area contributed by atoms with Crippen molar-refractivity contribution >= 4 is 23.4 Å². The molecule has 1 heterocycles. The molecule has 0 saturated heterocycles. The van der Waals surface area contributed by atoms with Crippen LogP contribution in [0.4, 0.5) is 5.69 Å². The monoisotopic (exact) mass is 242 g/mol. The van der Waals surface area contributed by atoms with Crippen LogP contribution in [-0.2, 0) is 0 Å². The second-order valence-electron chi connectivity index (χ2n) is 3.18. The van der Waals surface area contributed by atoms with Crippen molar-refractivity contribution in [1.29, 1.82) is 0 Å². The van der Waals surface area contributed by atoms with Crippen LogP contribution in [0.15, 0.2) is 17.1 Å². The number of allylic oxidation sites excluding steroid dienone is 1. The fourth-order valence-corrected chi connectivity index (χ4v) is 1.42. The molecule has 1 rings (SSSR count). The molecular weight excluding hydrogens is 232 g/mol. The van der Waals surface area contributed by atoms with Gasteiger partial charge in [-0.05, 0) is 13.3 Å². The maximum Gasteiger partial charge on any atom is 0.337 e. The Morgan fingerprint density at radius 1 is 1.62 bits per heavy atom. The Bertz CT molecular complexity index is 479. The van der Waals surface area contributed by atoms with Gasteiger partial charge in [-0.3, -0.25) is 14.9 Å². The first-order valence-corrected chi connectivity index (χ1v) is 5.20. The Hall–Kier alpha value is -1.62. The lowest BCUT2D eigenvalue weighted by Crippen LogP contribution is -2.13. The minimum Gasteiger partial charge on any atom is -0.323 e. The zero-order valence-electron chi connectivity index (χ0n) is 8.70. The molecule has 0 aliphatic rings. The molecule has 86 valence electrons. The van der Waals surface area contributed by atoms with Gasteiger partial charge in [-0.15, -0.1) is 11.6 Å². The van der Waals surface area contributed by atoms with Crippen molar-refractivity contribution in [3.8, 4) is 0 Å². The summed E-state index contributed by atoms with van der Waals surface area (Å²) in [5.74, 6) is 0.487. The van der Waals surface area contributed by atoms with Gasteiger partial charge in [-0.2, -0.15) is 0 Å². The minimum absolute atomic E-state index is 0.361. The first-order chi connectivity index (χ1) is 7.57. The summed E-state index contributed by atoms with van der Waals surface area (Å²) in [6, 6.07) is 0. The van der Waals surface area contributed by atoms with Gasteiger partial charge in [-0.1, -0.05) is 12.2 Å². The number of halogens is 1. The van der Waals surface area contributed by atoms with Gasteiger partial charge in [-0.25, -0.2) is 0 Å². The molecule has 0 amide bonds. The minimum atomic E-state index is -0.683. The molecule has 6 heteroatoms. The molecule has 1 N–H and O–H groups in total. The number of nitrogens with zero attached hydrogens (tertiary/aromatic N) is 1. The number of aromatic amines is 1. The summed E-state index contributed by atoms with van der Waals surface area (Å²) >= 11 is 5.50. The van der Waals surface area contributed by atoms with Crippen LogP contribution in [0.2, 0.25) is 0 Å². The lowest BCUT2D eigenvalue weighted by molar-refractivity contribution is -0.386. The highest BCUT2D eigenvalue weighted by atomic mass is 35.5. The Balaban J connectivity index is 3.19. The van der Waals surface area contributed by atoms with Crippen LogP contribution in [0.1, 0.15) is 17.5 Å². The number of hydrogen-bond acceptors (Lipinski definition) is 3. The van der Waals surface area contributed by atoms with Crippen molar-refractivity contribution in [3.05, 3.63) is 43.9 Å². The zero-order valence-corrected chi connectivity index (χ0v) is 9.45. The Kier molecular flexibility index (Phi) is 4.25. The lowest BCUT2D eigenvalue weighted by atomic mass is 10.1. The molecule has 1 aromatic rings. The number of alkyl halides is 1. The van der Waals surface area contributed by atoms with Crippen molar-refractivity contribution in [2.24, 2.45) is 0 Å². The second kappa shape index (κ2) is 5.46. The Labute approximate surface area is 96.9 Å². The third-order valence-electron chi connectivity index (χ3n) is 2.12. The summed E-state index contributed by atoms with van der Waals surface area (Å²) in [5.41, 5.74) is -0.110. The normalized spacial score (nSPS) is 10.9. The summed E-state index contributed by atoms with van der Waals surface area (Å²) < 4.78 is 0. The highest BCUT2D eigenvalue weighted by Gasteiger charge is 2.17. The summed E-state index contributed by atoms with van der Waals surface area (Å²) in [7, 11) is 0. The molecule has 0 fully saturated rings. The summed E-state index contributed by atoms with van der Waals surface area (Å²) in [4.78, 5) is 23.5. The highest BCUT2D eigenvalue weighted by molar-refractivity contribution is 6.17. The molecule has 0 unspecified atom stereocenters. The van der Waals surface area contributed by atoms with Gasteiger partial charge >= 0.3 is 11.2 Å². The van der Waals surface area contributed by atoms with E-state index in [-0.39, 0.29) is 0 Å².